The molecule has 0 spiro atoms. The Labute approximate surface area is 101 Å². The molecule has 1 aromatic rings. The van der Waals surface area contributed by atoms with Crippen molar-refractivity contribution in [3.05, 3.63) is 35.9 Å². The molecule has 90 valence electrons. The van der Waals surface area contributed by atoms with Gasteiger partial charge in [-0.05, 0) is 19.4 Å². The molecule has 0 saturated carbocycles. The van der Waals surface area contributed by atoms with Crippen LogP contribution in [0.15, 0.2) is 30.3 Å². The molecule has 1 aliphatic heterocycles. The fourth-order valence-electron chi connectivity index (χ4n) is 2.29. The fourth-order valence-corrected chi connectivity index (χ4v) is 2.29. The third kappa shape index (κ3) is 2.38. The number of hydrogen-bond acceptors (Lipinski definition) is 2. The minimum Gasteiger partial charge on any atom is -0.335 e. The summed E-state index contributed by atoms with van der Waals surface area (Å²) in [6.07, 6.45) is 0.368. The SMILES string of the molecule is CC(=O)C1CC(=O)N([C@H](C)c2ccccc2)C1. The monoisotopic (exact) mass is 231 g/mol. The third-order valence-corrected chi connectivity index (χ3v) is 3.48. The van der Waals surface area contributed by atoms with E-state index in [1.165, 1.54) is 0 Å². The van der Waals surface area contributed by atoms with Gasteiger partial charge in [0.15, 0.2) is 0 Å². The smallest absolute Gasteiger partial charge is 0.223 e. The van der Waals surface area contributed by atoms with Crippen molar-refractivity contribution in [3.63, 3.8) is 0 Å². The predicted molar refractivity (Wildman–Crippen MR) is 65.4 cm³/mol. The normalized spacial score (nSPS) is 21.6. The average molecular weight is 231 g/mol. The van der Waals surface area contributed by atoms with Crippen LogP contribution in [-0.4, -0.2) is 23.1 Å². The van der Waals surface area contributed by atoms with E-state index in [0.29, 0.717) is 13.0 Å². The Morgan fingerprint density at radius 2 is 2.00 bits per heavy atom. The van der Waals surface area contributed by atoms with E-state index in [0.717, 1.165) is 5.56 Å². The Bertz CT molecular complexity index is 427. The molecule has 0 bridgehead atoms. The van der Waals surface area contributed by atoms with Crippen molar-refractivity contribution in [2.75, 3.05) is 6.54 Å². The Morgan fingerprint density at radius 1 is 1.35 bits per heavy atom. The molecule has 0 N–H and O–H groups in total. The predicted octanol–water partition coefficient (Wildman–Crippen LogP) is 2.19. The van der Waals surface area contributed by atoms with Crippen LogP contribution < -0.4 is 0 Å². The van der Waals surface area contributed by atoms with Crippen LogP contribution in [0.2, 0.25) is 0 Å². The number of Topliss-reactive ketones (excluding diaryl/α,β-unsaturated/α-hetero) is 1. The molecule has 3 nitrogen and oxygen atoms in total. The van der Waals surface area contributed by atoms with Crippen LogP contribution in [0.25, 0.3) is 0 Å². The van der Waals surface area contributed by atoms with E-state index in [1.807, 2.05) is 37.3 Å². The van der Waals surface area contributed by atoms with Crippen molar-refractivity contribution in [2.24, 2.45) is 5.92 Å². The first-order valence-corrected chi connectivity index (χ1v) is 5.94. The zero-order valence-corrected chi connectivity index (χ0v) is 10.2. The van der Waals surface area contributed by atoms with Crippen LogP contribution in [-0.2, 0) is 9.59 Å². The minimum absolute atomic E-state index is 0.0491. The van der Waals surface area contributed by atoms with Gasteiger partial charge < -0.3 is 4.90 Å². The standard InChI is InChI=1S/C14H17NO2/c1-10(12-6-4-3-5-7-12)15-9-13(11(2)16)8-14(15)17/h3-7,10,13H,8-9H2,1-2H3/t10-,13?/m1/s1. The molecule has 3 heteroatoms. The first-order chi connectivity index (χ1) is 8.09. The lowest BCUT2D eigenvalue weighted by molar-refractivity contribution is -0.129. The van der Waals surface area contributed by atoms with Gasteiger partial charge in [-0.3, -0.25) is 9.59 Å². The molecular weight excluding hydrogens is 214 g/mol. The summed E-state index contributed by atoms with van der Waals surface area (Å²) in [7, 11) is 0. The molecule has 1 fully saturated rings. The summed E-state index contributed by atoms with van der Waals surface area (Å²) < 4.78 is 0. The number of nitrogens with zero attached hydrogens (tertiary/aromatic N) is 1. The van der Waals surface area contributed by atoms with Crippen LogP contribution in [0.4, 0.5) is 0 Å². The number of hydrogen-bond donors (Lipinski definition) is 0. The molecule has 0 aliphatic carbocycles. The van der Waals surface area contributed by atoms with Crippen LogP contribution in [0.3, 0.4) is 0 Å². The highest BCUT2D eigenvalue weighted by molar-refractivity contribution is 5.89. The number of likely N-dealkylation sites (tertiary alicyclic amines) is 1. The first kappa shape index (κ1) is 11.8. The van der Waals surface area contributed by atoms with Crippen LogP contribution in [0.1, 0.15) is 31.9 Å². The van der Waals surface area contributed by atoms with Crippen molar-refractivity contribution in [1.82, 2.24) is 4.90 Å². The van der Waals surface area contributed by atoms with E-state index in [1.54, 1.807) is 11.8 Å². The molecular formula is C14H17NO2. The second kappa shape index (κ2) is 4.70. The van der Waals surface area contributed by atoms with Gasteiger partial charge in [0.05, 0.1) is 6.04 Å². The van der Waals surface area contributed by atoms with Crippen LogP contribution >= 0.6 is 0 Å². The van der Waals surface area contributed by atoms with E-state index in [2.05, 4.69) is 0 Å². The van der Waals surface area contributed by atoms with Gasteiger partial charge in [-0.15, -0.1) is 0 Å². The number of carbonyl (C=O) groups is 2. The highest BCUT2D eigenvalue weighted by Gasteiger charge is 2.35. The lowest BCUT2D eigenvalue weighted by Gasteiger charge is -2.25. The Kier molecular flexibility index (Phi) is 3.27. The van der Waals surface area contributed by atoms with Gasteiger partial charge in [-0.25, -0.2) is 0 Å². The zero-order chi connectivity index (χ0) is 12.4. The van der Waals surface area contributed by atoms with Crippen molar-refractivity contribution in [1.29, 1.82) is 0 Å². The summed E-state index contributed by atoms with van der Waals surface area (Å²) in [5.74, 6) is 0.0799. The van der Waals surface area contributed by atoms with Crippen molar-refractivity contribution in [3.8, 4) is 0 Å². The lowest BCUT2D eigenvalue weighted by atomic mass is 10.0. The summed E-state index contributed by atoms with van der Waals surface area (Å²) in [6, 6.07) is 9.97. The molecule has 2 rings (SSSR count). The second-order valence-corrected chi connectivity index (χ2v) is 4.64. The molecule has 1 aliphatic rings. The van der Waals surface area contributed by atoms with Crippen molar-refractivity contribution in [2.45, 2.75) is 26.3 Å². The van der Waals surface area contributed by atoms with E-state index in [4.69, 9.17) is 0 Å². The maximum absolute atomic E-state index is 11.9. The van der Waals surface area contributed by atoms with Crippen LogP contribution in [0.5, 0.6) is 0 Å². The molecule has 0 radical (unpaired) electrons. The average Bonchev–Trinajstić information content (AvgIpc) is 2.72. The quantitative estimate of drug-likeness (QED) is 0.799. The number of carbonyl (C=O) groups excluding carboxylic acids is 2. The Morgan fingerprint density at radius 3 is 2.53 bits per heavy atom. The molecule has 1 unspecified atom stereocenters. The second-order valence-electron chi connectivity index (χ2n) is 4.64. The molecule has 17 heavy (non-hydrogen) atoms. The Balaban J connectivity index is 2.14. The highest BCUT2D eigenvalue weighted by atomic mass is 16.2. The van der Waals surface area contributed by atoms with Gasteiger partial charge in [0.25, 0.3) is 0 Å². The van der Waals surface area contributed by atoms with E-state index in [-0.39, 0.29) is 23.7 Å². The van der Waals surface area contributed by atoms with Gasteiger partial charge in [0.1, 0.15) is 5.78 Å². The van der Waals surface area contributed by atoms with Gasteiger partial charge in [-0.2, -0.15) is 0 Å². The van der Waals surface area contributed by atoms with Gasteiger partial charge in [-0.1, -0.05) is 30.3 Å². The lowest BCUT2D eigenvalue weighted by Crippen LogP contribution is -2.29. The zero-order valence-electron chi connectivity index (χ0n) is 10.2. The van der Waals surface area contributed by atoms with E-state index < -0.39 is 0 Å². The number of amides is 1. The molecule has 0 aromatic heterocycles. The summed E-state index contributed by atoms with van der Waals surface area (Å²) in [6.45, 7) is 4.13. The number of rotatable bonds is 3. The van der Waals surface area contributed by atoms with Crippen LogP contribution in [0, 0.1) is 5.92 Å². The third-order valence-electron chi connectivity index (χ3n) is 3.48. The molecule has 1 saturated heterocycles. The maximum atomic E-state index is 11.9. The summed E-state index contributed by atoms with van der Waals surface area (Å²) in [5, 5.41) is 0. The summed E-state index contributed by atoms with van der Waals surface area (Å²) in [5.41, 5.74) is 1.12. The highest BCUT2D eigenvalue weighted by Crippen LogP contribution is 2.28. The first-order valence-electron chi connectivity index (χ1n) is 5.94. The minimum atomic E-state index is -0.117. The van der Waals surface area contributed by atoms with Crippen molar-refractivity contribution < 1.29 is 9.59 Å². The molecule has 1 aromatic carbocycles. The summed E-state index contributed by atoms with van der Waals surface area (Å²) >= 11 is 0. The Hall–Kier alpha value is -1.64. The van der Waals surface area contributed by atoms with Gasteiger partial charge in [0, 0.05) is 18.9 Å². The fraction of sp³-hybridized carbons (Fsp3) is 0.429. The molecule has 2 atom stereocenters. The van der Waals surface area contributed by atoms with Gasteiger partial charge >= 0.3 is 0 Å². The summed E-state index contributed by atoms with van der Waals surface area (Å²) in [4.78, 5) is 25.0. The van der Waals surface area contributed by atoms with E-state index >= 15 is 0 Å². The van der Waals surface area contributed by atoms with Gasteiger partial charge in [0.2, 0.25) is 5.91 Å². The van der Waals surface area contributed by atoms with Crippen molar-refractivity contribution >= 4 is 11.7 Å². The molecule has 1 heterocycles. The van der Waals surface area contributed by atoms with E-state index in [9.17, 15) is 9.59 Å². The number of ketones is 1. The topological polar surface area (TPSA) is 37.4 Å². The number of benzene rings is 1. The largest absolute Gasteiger partial charge is 0.335 e. The maximum Gasteiger partial charge on any atom is 0.223 e. The molecule has 1 amide bonds.